The van der Waals surface area contributed by atoms with Crippen molar-refractivity contribution in [3.8, 4) is 0 Å². The predicted octanol–water partition coefficient (Wildman–Crippen LogP) is 1.45. The fraction of sp³-hybridized carbons (Fsp3) is 0.450. The van der Waals surface area contributed by atoms with Gasteiger partial charge in [-0.25, -0.2) is 14.8 Å². The van der Waals surface area contributed by atoms with Gasteiger partial charge in [-0.2, -0.15) is 5.10 Å². The summed E-state index contributed by atoms with van der Waals surface area (Å²) >= 11 is 0. The Kier molecular flexibility index (Phi) is 5.15. The van der Waals surface area contributed by atoms with Crippen molar-refractivity contribution in [3.63, 3.8) is 0 Å². The summed E-state index contributed by atoms with van der Waals surface area (Å²) in [4.78, 5) is 41.1. The molecule has 3 aromatic heterocycles. The lowest BCUT2D eigenvalue weighted by molar-refractivity contribution is 0.0525. The number of anilines is 1. The molecular formula is C20H25N7O3. The van der Waals surface area contributed by atoms with Gasteiger partial charge >= 0.3 is 5.97 Å². The number of carbonyl (C=O) groups excluding carboxylic acids is 2. The van der Waals surface area contributed by atoms with E-state index in [2.05, 4.69) is 25.0 Å². The lowest BCUT2D eigenvalue weighted by Crippen LogP contribution is -2.49. The lowest BCUT2D eigenvalue weighted by Gasteiger charge is -2.35. The quantitative estimate of drug-likeness (QED) is 0.647. The van der Waals surface area contributed by atoms with Crippen LogP contribution >= 0.6 is 0 Å². The molecular weight excluding hydrogens is 386 g/mol. The van der Waals surface area contributed by atoms with Crippen molar-refractivity contribution in [2.75, 3.05) is 37.7 Å². The van der Waals surface area contributed by atoms with E-state index >= 15 is 0 Å². The number of nitrogens with zero attached hydrogens (tertiary/aromatic N) is 6. The molecule has 1 N–H and O–H groups in total. The summed E-state index contributed by atoms with van der Waals surface area (Å²) in [6, 6.07) is 0. The molecule has 1 amide bonds. The molecule has 0 bridgehead atoms. The van der Waals surface area contributed by atoms with Crippen molar-refractivity contribution in [3.05, 3.63) is 35.0 Å². The topological polar surface area (TPSA) is 109 Å². The molecule has 1 aliphatic heterocycles. The van der Waals surface area contributed by atoms with Crippen LogP contribution in [0.5, 0.6) is 0 Å². The van der Waals surface area contributed by atoms with E-state index in [0.29, 0.717) is 55.3 Å². The first-order chi connectivity index (χ1) is 14.4. The van der Waals surface area contributed by atoms with E-state index in [0.717, 1.165) is 16.9 Å². The Morgan fingerprint density at radius 1 is 1.17 bits per heavy atom. The zero-order chi connectivity index (χ0) is 21.4. The van der Waals surface area contributed by atoms with Gasteiger partial charge in [0.25, 0.3) is 5.91 Å². The number of nitrogens with one attached hydrogen (secondary N) is 1. The Bertz CT molecular complexity index is 1110. The van der Waals surface area contributed by atoms with E-state index in [-0.39, 0.29) is 5.91 Å². The van der Waals surface area contributed by atoms with Gasteiger partial charge in [0.1, 0.15) is 17.8 Å². The van der Waals surface area contributed by atoms with Crippen LogP contribution in [0.25, 0.3) is 11.0 Å². The summed E-state index contributed by atoms with van der Waals surface area (Å²) in [6.07, 6.45) is 3.31. The summed E-state index contributed by atoms with van der Waals surface area (Å²) in [5.74, 6) is 0.313. The predicted molar refractivity (Wildman–Crippen MR) is 111 cm³/mol. The molecule has 0 spiro atoms. The molecule has 1 fully saturated rings. The highest BCUT2D eigenvalue weighted by atomic mass is 16.5. The smallest absolute Gasteiger partial charge is 0.340 e. The van der Waals surface area contributed by atoms with E-state index in [1.54, 1.807) is 42.9 Å². The van der Waals surface area contributed by atoms with Crippen molar-refractivity contribution in [1.82, 2.24) is 29.6 Å². The number of ether oxygens (including phenoxy) is 1. The van der Waals surface area contributed by atoms with Crippen LogP contribution < -0.4 is 4.90 Å². The molecule has 158 valence electrons. The molecule has 30 heavy (non-hydrogen) atoms. The molecule has 0 radical (unpaired) electrons. The molecule has 1 saturated heterocycles. The van der Waals surface area contributed by atoms with E-state index < -0.39 is 5.97 Å². The number of piperazine rings is 1. The van der Waals surface area contributed by atoms with Gasteiger partial charge in [-0.1, -0.05) is 0 Å². The Labute approximate surface area is 173 Å². The molecule has 4 heterocycles. The number of rotatable bonds is 4. The van der Waals surface area contributed by atoms with Crippen LogP contribution in [0.1, 0.15) is 39.0 Å². The minimum atomic E-state index is -0.406. The summed E-state index contributed by atoms with van der Waals surface area (Å²) in [5, 5.41) is 5.16. The monoisotopic (exact) mass is 411 g/mol. The SMILES string of the molecule is CCOC(=O)c1c(C)[nH]c(C(=O)N2CCN(c3ncnc4c3cnn4C)CC2)c1C. The van der Waals surface area contributed by atoms with Crippen molar-refractivity contribution in [1.29, 1.82) is 0 Å². The number of hydrogen-bond acceptors (Lipinski definition) is 7. The maximum atomic E-state index is 13.1. The maximum absolute atomic E-state index is 13.1. The second kappa shape index (κ2) is 7.77. The highest BCUT2D eigenvalue weighted by Crippen LogP contribution is 2.25. The van der Waals surface area contributed by atoms with Gasteiger partial charge in [-0.05, 0) is 26.3 Å². The third kappa shape index (κ3) is 3.27. The van der Waals surface area contributed by atoms with Crippen LogP contribution in [-0.4, -0.2) is 74.3 Å². The number of esters is 1. The molecule has 10 nitrogen and oxygen atoms in total. The average molecular weight is 411 g/mol. The van der Waals surface area contributed by atoms with Gasteiger partial charge < -0.3 is 19.5 Å². The van der Waals surface area contributed by atoms with Crippen LogP contribution in [0.2, 0.25) is 0 Å². The highest BCUT2D eigenvalue weighted by Gasteiger charge is 2.29. The first kappa shape index (κ1) is 19.9. The molecule has 0 aromatic carbocycles. The Hall–Kier alpha value is -3.43. The van der Waals surface area contributed by atoms with Crippen LogP contribution in [0, 0.1) is 13.8 Å². The largest absolute Gasteiger partial charge is 0.462 e. The molecule has 1 aliphatic rings. The van der Waals surface area contributed by atoms with E-state index in [1.807, 2.05) is 7.05 Å². The normalized spacial score (nSPS) is 14.4. The van der Waals surface area contributed by atoms with E-state index in [1.165, 1.54) is 0 Å². The summed E-state index contributed by atoms with van der Waals surface area (Å²) < 4.78 is 6.84. The Morgan fingerprint density at radius 3 is 2.60 bits per heavy atom. The van der Waals surface area contributed by atoms with Crippen LogP contribution in [-0.2, 0) is 11.8 Å². The Morgan fingerprint density at radius 2 is 1.90 bits per heavy atom. The van der Waals surface area contributed by atoms with Gasteiger partial charge in [0.05, 0.1) is 23.8 Å². The van der Waals surface area contributed by atoms with Gasteiger partial charge in [0.15, 0.2) is 5.65 Å². The number of H-pyrrole nitrogens is 1. The summed E-state index contributed by atoms with van der Waals surface area (Å²) in [7, 11) is 1.85. The van der Waals surface area contributed by atoms with Crippen molar-refractivity contribution in [2.45, 2.75) is 20.8 Å². The number of aromatic nitrogens is 5. The number of amides is 1. The fourth-order valence-corrected chi connectivity index (χ4v) is 3.95. The lowest BCUT2D eigenvalue weighted by atomic mass is 10.1. The standard InChI is InChI=1S/C20H25N7O3/c1-5-30-20(29)15-12(2)16(24-13(15)3)19(28)27-8-6-26(7-9-27)18-14-10-23-25(4)17(14)21-11-22-18/h10-11,24H,5-9H2,1-4H3. The molecule has 3 aromatic rings. The maximum Gasteiger partial charge on any atom is 0.340 e. The first-order valence-electron chi connectivity index (χ1n) is 9.95. The van der Waals surface area contributed by atoms with Gasteiger partial charge in [-0.15, -0.1) is 0 Å². The zero-order valence-corrected chi connectivity index (χ0v) is 17.6. The van der Waals surface area contributed by atoms with Gasteiger partial charge in [-0.3, -0.25) is 9.48 Å². The molecule has 10 heteroatoms. The number of carbonyl (C=O) groups is 2. The van der Waals surface area contributed by atoms with Crippen molar-refractivity contribution >= 4 is 28.7 Å². The highest BCUT2D eigenvalue weighted by molar-refractivity contribution is 6.00. The van der Waals surface area contributed by atoms with Gasteiger partial charge in [0.2, 0.25) is 0 Å². The van der Waals surface area contributed by atoms with Crippen LogP contribution in [0.4, 0.5) is 5.82 Å². The number of hydrogen-bond donors (Lipinski definition) is 1. The Balaban J connectivity index is 1.50. The molecule has 0 aliphatic carbocycles. The molecule has 0 atom stereocenters. The second-order valence-electron chi connectivity index (χ2n) is 7.33. The number of aromatic amines is 1. The third-order valence-electron chi connectivity index (χ3n) is 5.51. The summed E-state index contributed by atoms with van der Waals surface area (Å²) in [5.41, 5.74) is 2.95. The molecule has 4 rings (SSSR count). The minimum absolute atomic E-state index is 0.111. The fourth-order valence-electron chi connectivity index (χ4n) is 3.95. The zero-order valence-electron chi connectivity index (χ0n) is 17.6. The third-order valence-corrected chi connectivity index (χ3v) is 5.51. The molecule has 0 saturated carbocycles. The minimum Gasteiger partial charge on any atom is -0.462 e. The van der Waals surface area contributed by atoms with Crippen LogP contribution in [0.15, 0.2) is 12.5 Å². The van der Waals surface area contributed by atoms with Crippen molar-refractivity contribution < 1.29 is 14.3 Å². The van der Waals surface area contributed by atoms with E-state index in [9.17, 15) is 9.59 Å². The average Bonchev–Trinajstić information content (AvgIpc) is 3.27. The second-order valence-corrected chi connectivity index (χ2v) is 7.33. The van der Waals surface area contributed by atoms with Gasteiger partial charge in [0, 0.05) is 38.9 Å². The molecule has 0 unspecified atom stereocenters. The van der Waals surface area contributed by atoms with E-state index in [4.69, 9.17) is 4.74 Å². The van der Waals surface area contributed by atoms with Crippen LogP contribution in [0.3, 0.4) is 0 Å². The summed E-state index contributed by atoms with van der Waals surface area (Å²) in [6.45, 7) is 8.01. The number of aryl methyl sites for hydroxylation is 2. The first-order valence-corrected chi connectivity index (χ1v) is 9.95. The van der Waals surface area contributed by atoms with Crippen molar-refractivity contribution in [2.24, 2.45) is 7.05 Å². The number of fused-ring (bicyclic) bond motifs is 1.